The number of nitro benzene ring substituents is 1. The summed E-state index contributed by atoms with van der Waals surface area (Å²) in [5, 5.41) is 10.8. The molecular formula is C16H13FN2O5. The number of halogens is 1. The van der Waals surface area contributed by atoms with Crippen LogP contribution in [-0.4, -0.2) is 16.1 Å². The van der Waals surface area contributed by atoms with Gasteiger partial charge in [-0.15, -0.1) is 0 Å². The molecule has 0 saturated carbocycles. The van der Waals surface area contributed by atoms with Gasteiger partial charge in [-0.25, -0.2) is 9.18 Å². The number of nitrogens with zero attached hydrogens (tertiary/aromatic N) is 2. The van der Waals surface area contributed by atoms with E-state index in [1.54, 1.807) is 0 Å². The van der Waals surface area contributed by atoms with Crippen LogP contribution in [0.15, 0.2) is 51.7 Å². The van der Waals surface area contributed by atoms with Crippen LogP contribution in [0, 0.1) is 15.9 Å². The highest BCUT2D eigenvalue weighted by atomic mass is 19.1. The quantitative estimate of drug-likeness (QED) is 0.393. The van der Waals surface area contributed by atoms with Crippen molar-refractivity contribution in [3.63, 3.8) is 0 Å². The second-order valence-electron chi connectivity index (χ2n) is 5.08. The molecule has 2 aromatic carbocycles. The number of aromatic nitrogens is 1. The Kier molecular flexibility index (Phi) is 4.28. The molecule has 1 aromatic heterocycles. The van der Waals surface area contributed by atoms with Gasteiger partial charge in [0.25, 0.3) is 5.69 Å². The zero-order valence-electron chi connectivity index (χ0n) is 12.5. The Labute approximate surface area is 135 Å². The maximum Gasteiger partial charge on any atom is 0.419 e. The maximum atomic E-state index is 12.8. The Morgan fingerprint density at radius 2 is 1.96 bits per heavy atom. The molecule has 24 heavy (non-hydrogen) atoms. The topological polar surface area (TPSA) is 87.5 Å². The van der Waals surface area contributed by atoms with E-state index in [-0.39, 0.29) is 18.0 Å². The minimum absolute atomic E-state index is 0.111. The number of fused-ring (bicyclic) bond motifs is 1. The van der Waals surface area contributed by atoms with E-state index >= 15 is 0 Å². The smallest absolute Gasteiger partial charge is 0.419 e. The minimum atomic E-state index is -0.577. The molecule has 0 N–H and O–H groups in total. The largest absolute Gasteiger partial charge is 0.494 e. The van der Waals surface area contributed by atoms with Crippen LogP contribution in [0.3, 0.4) is 0 Å². The van der Waals surface area contributed by atoms with Crippen molar-refractivity contribution in [2.24, 2.45) is 0 Å². The highest BCUT2D eigenvalue weighted by molar-refractivity contribution is 5.75. The summed E-state index contributed by atoms with van der Waals surface area (Å²) in [6, 6.07) is 9.61. The molecule has 1 heterocycles. The van der Waals surface area contributed by atoms with Crippen LogP contribution in [0.1, 0.15) is 6.42 Å². The molecule has 0 bridgehead atoms. The molecule has 0 aliphatic rings. The van der Waals surface area contributed by atoms with Crippen molar-refractivity contribution in [2.75, 3.05) is 6.61 Å². The van der Waals surface area contributed by atoms with Gasteiger partial charge in [-0.1, -0.05) is 0 Å². The molecule has 0 spiro atoms. The van der Waals surface area contributed by atoms with Crippen molar-refractivity contribution in [1.29, 1.82) is 0 Å². The first-order valence-electron chi connectivity index (χ1n) is 7.21. The Bertz CT molecular complexity index is 930. The molecule has 0 fully saturated rings. The van der Waals surface area contributed by atoms with E-state index in [1.807, 2.05) is 0 Å². The summed E-state index contributed by atoms with van der Waals surface area (Å²) in [6.45, 7) is 0.591. The Morgan fingerprint density at radius 3 is 2.67 bits per heavy atom. The first-order valence-corrected chi connectivity index (χ1v) is 7.21. The van der Waals surface area contributed by atoms with E-state index in [0.29, 0.717) is 29.9 Å². The molecule has 0 aliphatic heterocycles. The summed E-state index contributed by atoms with van der Waals surface area (Å²) in [7, 11) is 0. The Morgan fingerprint density at radius 1 is 1.21 bits per heavy atom. The molecule has 0 aliphatic carbocycles. The Balaban J connectivity index is 1.69. The van der Waals surface area contributed by atoms with E-state index < -0.39 is 10.7 Å². The molecule has 0 radical (unpaired) electrons. The first-order chi connectivity index (χ1) is 11.5. The number of oxazole rings is 1. The van der Waals surface area contributed by atoms with E-state index in [1.165, 1.54) is 47.0 Å². The van der Waals surface area contributed by atoms with Crippen molar-refractivity contribution in [3.8, 4) is 5.75 Å². The SMILES string of the molecule is O=c1oc2ccc([N+](=O)[O-])cc2n1CCCOc1ccc(F)cc1. The highest BCUT2D eigenvalue weighted by Crippen LogP contribution is 2.20. The van der Waals surface area contributed by atoms with Gasteiger partial charge in [-0.3, -0.25) is 14.7 Å². The van der Waals surface area contributed by atoms with E-state index in [9.17, 15) is 19.3 Å². The molecule has 8 heteroatoms. The summed E-state index contributed by atoms with van der Waals surface area (Å²) >= 11 is 0. The molecular weight excluding hydrogens is 319 g/mol. The molecule has 0 amide bonds. The van der Waals surface area contributed by atoms with Gasteiger partial charge >= 0.3 is 5.76 Å². The van der Waals surface area contributed by atoms with Gasteiger partial charge < -0.3 is 9.15 Å². The number of nitro groups is 1. The third-order valence-electron chi connectivity index (χ3n) is 3.47. The molecule has 0 atom stereocenters. The van der Waals surface area contributed by atoms with Gasteiger partial charge in [-0.05, 0) is 36.8 Å². The summed E-state index contributed by atoms with van der Waals surface area (Å²) in [5.74, 6) is -0.399. The van der Waals surface area contributed by atoms with Crippen molar-refractivity contribution in [1.82, 2.24) is 4.57 Å². The van der Waals surface area contributed by atoms with Crippen molar-refractivity contribution in [3.05, 3.63) is 68.9 Å². The van der Waals surface area contributed by atoms with Crippen LogP contribution in [0.4, 0.5) is 10.1 Å². The maximum absolute atomic E-state index is 12.8. The van der Waals surface area contributed by atoms with Crippen LogP contribution in [0.25, 0.3) is 11.1 Å². The second-order valence-corrected chi connectivity index (χ2v) is 5.08. The van der Waals surface area contributed by atoms with Crippen LogP contribution in [0.5, 0.6) is 5.75 Å². The predicted molar refractivity (Wildman–Crippen MR) is 83.6 cm³/mol. The van der Waals surface area contributed by atoms with Gasteiger partial charge in [0, 0.05) is 18.7 Å². The number of aryl methyl sites for hydroxylation is 1. The van der Waals surface area contributed by atoms with Gasteiger partial charge in [0.1, 0.15) is 11.6 Å². The lowest BCUT2D eigenvalue weighted by molar-refractivity contribution is -0.384. The van der Waals surface area contributed by atoms with Crippen LogP contribution >= 0.6 is 0 Å². The zero-order chi connectivity index (χ0) is 17.1. The van der Waals surface area contributed by atoms with Crippen LogP contribution in [0.2, 0.25) is 0 Å². The molecule has 124 valence electrons. The number of rotatable bonds is 6. The van der Waals surface area contributed by atoms with Gasteiger partial charge in [0.05, 0.1) is 17.0 Å². The molecule has 3 rings (SSSR count). The lowest BCUT2D eigenvalue weighted by atomic mass is 10.3. The summed E-state index contributed by atoms with van der Waals surface area (Å²) in [5.41, 5.74) is 0.556. The normalized spacial score (nSPS) is 10.9. The first kappa shape index (κ1) is 15.7. The molecule has 3 aromatic rings. The minimum Gasteiger partial charge on any atom is -0.494 e. The van der Waals surface area contributed by atoms with Crippen LogP contribution < -0.4 is 10.5 Å². The fourth-order valence-corrected chi connectivity index (χ4v) is 2.32. The standard InChI is InChI=1S/C16H13FN2O5/c17-11-2-5-13(6-3-11)23-9-1-8-18-14-10-12(19(21)22)4-7-15(14)24-16(18)20/h2-7,10H,1,8-9H2. The zero-order valence-corrected chi connectivity index (χ0v) is 12.5. The number of hydrogen-bond acceptors (Lipinski definition) is 5. The summed E-state index contributed by atoms with van der Waals surface area (Å²) in [6.07, 6.45) is 0.481. The summed E-state index contributed by atoms with van der Waals surface area (Å²) in [4.78, 5) is 22.2. The van der Waals surface area contributed by atoms with Crippen molar-refractivity contribution >= 4 is 16.8 Å². The van der Waals surface area contributed by atoms with E-state index in [0.717, 1.165) is 0 Å². The number of ether oxygens (including phenoxy) is 1. The number of non-ortho nitro benzene ring substituents is 1. The third kappa shape index (κ3) is 3.27. The lowest BCUT2D eigenvalue weighted by Crippen LogP contribution is -2.15. The fraction of sp³-hybridized carbons (Fsp3) is 0.188. The fourth-order valence-electron chi connectivity index (χ4n) is 2.32. The summed E-state index contributed by atoms with van der Waals surface area (Å²) < 4.78 is 24.6. The van der Waals surface area contributed by atoms with Gasteiger partial charge in [0.15, 0.2) is 5.58 Å². The van der Waals surface area contributed by atoms with Crippen LogP contribution in [-0.2, 0) is 6.54 Å². The van der Waals surface area contributed by atoms with Gasteiger partial charge in [-0.2, -0.15) is 0 Å². The Hall–Kier alpha value is -3.16. The van der Waals surface area contributed by atoms with Crippen molar-refractivity contribution in [2.45, 2.75) is 13.0 Å². The number of hydrogen-bond donors (Lipinski definition) is 0. The predicted octanol–water partition coefficient (Wildman–Crippen LogP) is 3.11. The number of benzene rings is 2. The second kappa shape index (κ2) is 6.53. The highest BCUT2D eigenvalue weighted by Gasteiger charge is 2.14. The van der Waals surface area contributed by atoms with Crippen molar-refractivity contribution < 1.29 is 18.5 Å². The average Bonchev–Trinajstić information content (AvgIpc) is 2.88. The molecule has 7 nitrogen and oxygen atoms in total. The third-order valence-corrected chi connectivity index (χ3v) is 3.47. The van der Waals surface area contributed by atoms with E-state index in [4.69, 9.17) is 9.15 Å². The van der Waals surface area contributed by atoms with E-state index in [2.05, 4.69) is 0 Å². The lowest BCUT2D eigenvalue weighted by Gasteiger charge is -2.06. The average molecular weight is 332 g/mol. The van der Waals surface area contributed by atoms with Gasteiger partial charge in [0.2, 0.25) is 0 Å². The molecule has 0 unspecified atom stereocenters. The monoisotopic (exact) mass is 332 g/mol. The molecule has 0 saturated heterocycles.